The van der Waals surface area contributed by atoms with Gasteiger partial charge in [0.1, 0.15) is 0 Å². The lowest BCUT2D eigenvalue weighted by atomic mass is 10.1. The zero-order chi connectivity index (χ0) is 12.1. The van der Waals surface area contributed by atoms with Crippen molar-refractivity contribution >= 4 is 21.8 Å². The van der Waals surface area contributed by atoms with Crippen LogP contribution >= 0.6 is 15.9 Å². The molecular formula is C12H17BrN2O. The molecule has 1 N–H and O–H groups in total. The van der Waals surface area contributed by atoms with Crippen LogP contribution in [-0.2, 0) is 11.3 Å². The predicted octanol–water partition coefficient (Wildman–Crippen LogP) is 1.94. The number of carbonyl (C=O) groups is 1. The molecule has 1 rings (SSSR count). The number of rotatable bonds is 4. The average molecular weight is 285 g/mol. The summed E-state index contributed by atoms with van der Waals surface area (Å²) >= 11 is 3.49. The van der Waals surface area contributed by atoms with Gasteiger partial charge in [-0.2, -0.15) is 0 Å². The molecule has 0 radical (unpaired) electrons. The third kappa shape index (κ3) is 3.94. The third-order valence-electron chi connectivity index (χ3n) is 2.34. The van der Waals surface area contributed by atoms with Crippen molar-refractivity contribution in [2.75, 3.05) is 20.6 Å². The minimum atomic E-state index is 0.0891. The Morgan fingerprint density at radius 2 is 2.12 bits per heavy atom. The smallest absolute Gasteiger partial charge is 0.236 e. The summed E-state index contributed by atoms with van der Waals surface area (Å²) in [5.41, 5.74) is 2.39. The van der Waals surface area contributed by atoms with Crippen LogP contribution in [0.1, 0.15) is 11.1 Å². The van der Waals surface area contributed by atoms with Crippen molar-refractivity contribution in [3.05, 3.63) is 33.8 Å². The zero-order valence-corrected chi connectivity index (χ0v) is 11.5. The van der Waals surface area contributed by atoms with E-state index in [0.29, 0.717) is 13.1 Å². The second-order valence-corrected chi connectivity index (χ2v) is 4.83. The van der Waals surface area contributed by atoms with Crippen LogP contribution in [0.5, 0.6) is 0 Å². The first-order valence-corrected chi connectivity index (χ1v) is 5.96. The Morgan fingerprint density at radius 3 is 2.69 bits per heavy atom. The molecular weight excluding hydrogens is 268 g/mol. The summed E-state index contributed by atoms with van der Waals surface area (Å²) in [5, 5.41) is 3.12. The van der Waals surface area contributed by atoms with Gasteiger partial charge in [-0.15, -0.1) is 0 Å². The van der Waals surface area contributed by atoms with Gasteiger partial charge in [-0.1, -0.05) is 28.1 Å². The van der Waals surface area contributed by atoms with E-state index in [-0.39, 0.29) is 5.91 Å². The molecule has 0 saturated heterocycles. The molecule has 1 aromatic carbocycles. The van der Waals surface area contributed by atoms with E-state index in [2.05, 4.69) is 46.4 Å². The SMILES string of the molecule is Cc1ccc(CNCC(=O)N(C)C)cc1Br. The molecule has 0 aliphatic carbocycles. The summed E-state index contributed by atoms with van der Waals surface area (Å²) in [6.07, 6.45) is 0. The Hall–Kier alpha value is -0.870. The molecule has 4 heteroatoms. The van der Waals surface area contributed by atoms with E-state index in [1.165, 1.54) is 11.1 Å². The highest BCUT2D eigenvalue weighted by Gasteiger charge is 2.03. The van der Waals surface area contributed by atoms with Gasteiger partial charge in [0.05, 0.1) is 6.54 Å². The van der Waals surface area contributed by atoms with Crippen LogP contribution in [0.25, 0.3) is 0 Å². The first-order valence-electron chi connectivity index (χ1n) is 5.16. The maximum Gasteiger partial charge on any atom is 0.236 e. The van der Waals surface area contributed by atoms with Gasteiger partial charge in [0.15, 0.2) is 0 Å². The van der Waals surface area contributed by atoms with E-state index >= 15 is 0 Å². The Bertz CT molecular complexity index is 377. The molecule has 0 saturated carbocycles. The molecule has 0 heterocycles. The maximum atomic E-state index is 11.3. The van der Waals surface area contributed by atoms with E-state index in [0.717, 1.165) is 4.47 Å². The summed E-state index contributed by atoms with van der Waals surface area (Å²) in [5.74, 6) is 0.0891. The van der Waals surface area contributed by atoms with Gasteiger partial charge in [0, 0.05) is 25.1 Å². The van der Waals surface area contributed by atoms with Gasteiger partial charge in [-0.25, -0.2) is 0 Å². The van der Waals surface area contributed by atoms with Crippen molar-refractivity contribution in [3.63, 3.8) is 0 Å². The lowest BCUT2D eigenvalue weighted by Gasteiger charge is -2.11. The fraction of sp³-hybridized carbons (Fsp3) is 0.417. The number of hydrogen-bond donors (Lipinski definition) is 1. The summed E-state index contributed by atoms with van der Waals surface area (Å²) < 4.78 is 1.10. The summed E-state index contributed by atoms with van der Waals surface area (Å²) in [4.78, 5) is 12.9. The molecule has 0 atom stereocenters. The summed E-state index contributed by atoms with van der Waals surface area (Å²) in [6.45, 7) is 3.13. The number of hydrogen-bond acceptors (Lipinski definition) is 2. The van der Waals surface area contributed by atoms with Gasteiger partial charge in [-0.05, 0) is 24.1 Å². The lowest BCUT2D eigenvalue weighted by Crippen LogP contribution is -2.32. The number of amides is 1. The van der Waals surface area contributed by atoms with E-state index in [4.69, 9.17) is 0 Å². The van der Waals surface area contributed by atoms with Gasteiger partial charge in [0.2, 0.25) is 5.91 Å². The molecule has 16 heavy (non-hydrogen) atoms. The van der Waals surface area contributed by atoms with Crippen LogP contribution in [0, 0.1) is 6.92 Å². The van der Waals surface area contributed by atoms with Gasteiger partial charge in [-0.3, -0.25) is 4.79 Å². The van der Waals surface area contributed by atoms with Gasteiger partial charge < -0.3 is 10.2 Å². The predicted molar refractivity (Wildman–Crippen MR) is 69.3 cm³/mol. The molecule has 1 aromatic rings. The van der Waals surface area contributed by atoms with E-state index < -0.39 is 0 Å². The third-order valence-corrected chi connectivity index (χ3v) is 3.19. The number of nitrogens with zero attached hydrogens (tertiary/aromatic N) is 1. The van der Waals surface area contributed by atoms with Crippen LogP contribution < -0.4 is 5.32 Å². The van der Waals surface area contributed by atoms with E-state index in [9.17, 15) is 4.79 Å². The molecule has 0 aromatic heterocycles. The van der Waals surface area contributed by atoms with Gasteiger partial charge in [0.25, 0.3) is 0 Å². The number of carbonyl (C=O) groups excluding carboxylic acids is 1. The number of nitrogens with one attached hydrogen (secondary N) is 1. The standard InChI is InChI=1S/C12H17BrN2O/c1-9-4-5-10(6-11(9)13)7-14-8-12(16)15(2)3/h4-6,14H,7-8H2,1-3H3. The van der Waals surface area contributed by atoms with Gasteiger partial charge >= 0.3 is 0 Å². The Balaban J connectivity index is 2.43. The van der Waals surface area contributed by atoms with Crippen molar-refractivity contribution < 1.29 is 4.79 Å². The Labute approximate surface area is 105 Å². The lowest BCUT2D eigenvalue weighted by molar-refractivity contribution is -0.127. The maximum absolute atomic E-state index is 11.3. The van der Waals surface area contributed by atoms with Crippen molar-refractivity contribution in [2.24, 2.45) is 0 Å². The van der Waals surface area contributed by atoms with Crippen LogP contribution in [-0.4, -0.2) is 31.4 Å². The van der Waals surface area contributed by atoms with Crippen LogP contribution in [0.3, 0.4) is 0 Å². The first-order chi connectivity index (χ1) is 7.50. The molecule has 0 aliphatic rings. The summed E-state index contributed by atoms with van der Waals surface area (Å²) in [6, 6.07) is 6.20. The van der Waals surface area contributed by atoms with Crippen LogP contribution in [0.4, 0.5) is 0 Å². The van der Waals surface area contributed by atoms with Crippen LogP contribution in [0.2, 0.25) is 0 Å². The first kappa shape index (κ1) is 13.2. The highest BCUT2D eigenvalue weighted by atomic mass is 79.9. The highest BCUT2D eigenvalue weighted by Crippen LogP contribution is 2.17. The second-order valence-electron chi connectivity index (χ2n) is 3.98. The van der Waals surface area contributed by atoms with Crippen molar-refractivity contribution in [3.8, 4) is 0 Å². The highest BCUT2D eigenvalue weighted by molar-refractivity contribution is 9.10. The number of likely N-dealkylation sites (N-methyl/N-ethyl adjacent to an activating group) is 1. The molecule has 0 spiro atoms. The molecule has 0 fully saturated rings. The number of aryl methyl sites for hydroxylation is 1. The number of halogens is 1. The average Bonchev–Trinajstić information content (AvgIpc) is 2.23. The zero-order valence-electron chi connectivity index (χ0n) is 9.88. The molecule has 0 unspecified atom stereocenters. The fourth-order valence-corrected chi connectivity index (χ4v) is 1.64. The van der Waals surface area contributed by atoms with Crippen LogP contribution in [0.15, 0.2) is 22.7 Å². The fourth-order valence-electron chi connectivity index (χ4n) is 1.22. The van der Waals surface area contributed by atoms with Crippen molar-refractivity contribution in [1.82, 2.24) is 10.2 Å². The Morgan fingerprint density at radius 1 is 1.44 bits per heavy atom. The largest absolute Gasteiger partial charge is 0.348 e. The minimum absolute atomic E-state index is 0.0891. The molecule has 88 valence electrons. The van der Waals surface area contributed by atoms with Crippen molar-refractivity contribution in [2.45, 2.75) is 13.5 Å². The quantitative estimate of drug-likeness (QED) is 0.917. The molecule has 0 bridgehead atoms. The van der Waals surface area contributed by atoms with Crippen molar-refractivity contribution in [1.29, 1.82) is 0 Å². The Kier molecular flexibility index (Phi) is 4.96. The second kappa shape index (κ2) is 6.01. The summed E-state index contributed by atoms with van der Waals surface area (Å²) in [7, 11) is 3.51. The molecule has 1 amide bonds. The molecule has 0 aliphatic heterocycles. The number of benzene rings is 1. The topological polar surface area (TPSA) is 32.3 Å². The monoisotopic (exact) mass is 284 g/mol. The van der Waals surface area contributed by atoms with E-state index in [1.54, 1.807) is 19.0 Å². The van der Waals surface area contributed by atoms with E-state index in [1.807, 2.05) is 0 Å². The molecule has 3 nitrogen and oxygen atoms in total. The minimum Gasteiger partial charge on any atom is -0.348 e. The normalized spacial score (nSPS) is 10.2.